The summed E-state index contributed by atoms with van der Waals surface area (Å²) in [6.07, 6.45) is 4.51. The third-order valence-corrected chi connectivity index (χ3v) is 2.63. The van der Waals surface area contributed by atoms with E-state index in [1.807, 2.05) is 18.5 Å². The zero-order chi connectivity index (χ0) is 11.5. The maximum atomic E-state index is 4.31. The second-order valence-electron chi connectivity index (χ2n) is 3.57. The highest BCUT2D eigenvalue weighted by Gasteiger charge is 2.16. The number of nitrogens with zero attached hydrogens (tertiary/aromatic N) is 5. The van der Waals surface area contributed by atoms with Crippen LogP contribution in [0.25, 0.3) is 11.0 Å². The lowest BCUT2D eigenvalue weighted by molar-refractivity contribution is 0.608. The van der Waals surface area contributed by atoms with Gasteiger partial charge < -0.3 is 4.90 Å². The molecule has 2 aromatic heterocycles. The van der Waals surface area contributed by atoms with Crippen LogP contribution in [-0.4, -0.2) is 33.3 Å². The average molecular weight is 219 g/mol. The molecule has 0 aromatic carbocycles. The molecule has 3 rings (SSSR count). The smallest absolute Gasteiger partial charge is 0.158 e. The number of hydrogen-bond donors (Lipinski definition) is 0. The quantitative estimate of drug-likeness (QED) is 0.676. The summed E-state index contributed by atoms with van der Waals surface area (Å²) < 4.78 is 1.99. The number of aromatic nitrogens is 4. The van der Waals surface area contributed by atoms with Crippen molar-refractivity contribution in [2.75, 3.05) is 18.5 Å². The maximum absolute atomic E-state index is 4.31. The molecule has 5 nitrogen and oxygen atoms in total. The van der Waals surface area contributed by atoms with E-state index in [9.17, 15) is 0 Å². The van der Waals surface area contributed by atoms with Crippen molar-refractivity contribution in [2.45, 2.75) is 26.8 Å². The van der Waals surface area contributed by atoms with Crippen molar-refractivity contribution in [2.24, 2.45) is 0 Å². The van der Waals surface area contributed by atoms with Crippen molar-refractivity contribution >= 4 is 16.9 Å². The van der Waals surface area contributed by atoms with Gasteiger partial charge in [0, 0.05) is 20.1 Å². The molecule has 0 saturated heterocycles. The van der Waals surface area contributed by atoms with E-state index in [0.717, 1.165) is 36.4 Å². The Labute approximate surface area is 95.1 Å². The first-order valence-electron chi connectivity index (χ1n) is 5.74. The molecule has 1 aliphatic heterocycles. The molecule has 0 radical (unpaired) electrons. The lowest BCUT2D eigenvalue weighted by Gasteiger charge is -2.14. The minimum absolute atomic E-state index is 0.934. The Kier molecular flexibility index (Phi) is 3.03. The van der Waals surface area contributed by atoms with Crippen LogP contribution in [0.15, 0.2) is 12.5 Å². The molecular weight excluding hydrogens is 202 g/mol. The van der Waals surface area contributed by atoms with Crippen molar-refractivity contribution in [1.29, 1.82) is 0 Å². The van der Waals surface area contributed by atoms with E-state index in [4.69, 9.17) is 0 Å². The summed E-state index contributed by atoms with van der Waals surface area (Å²) >= 11 is 0. The lowest BCUT2D eigenvalue weighted by atomic mass is 10.4. The number of anilines is 1. The van der Waals surface area contributed by atoms with Crippen molar-refractivity contribution in [1.82, 2.24) is 19.7 Å². The normalized spacial score (nSPS) is 14.3. The minimum Gasteiger partial charge on any atom is -0.358 e. The van der Waals surface area contributed by atoms with Gasteiger partial charge in [0.2, 0.25) is 0 Å². The van der Waals surface area contributed by atoms with E-state index in [1.54, 1.807) is 12.5 Å². The van der Waals surface area contributed by atoms with Gasteiger partial charge in [-0.3, -0.25) is 4.68 Å². The van der Waals surface area contributed by atoms with Crippen molar-refractivity contribution in [3.8, 4) is 0 Å². The predicted octanol–water partition coefficient (Wildman–Crippen LogP) is 1.69. The van der Waals surface area contributed by atoms with Crippen molar-refractivity contribution in [3.63, 3.8) is 0 Å². The third-order valence-electron chi connectivity index (χ3n) is 2.63. The average Bonchev–Trinajstić information content (AvgIpc) is 2.67. The number of aryl methyl sites for hydroxylation is 1. The Hall–Kier alpha value is -1.65. The van der Waals surface area contributed by atoms with Crippen LogP contribution in [0.5, 0.6) is 0 Å². The molecule has 5 heteroatoms. The molecule has 86 valence electrons. The SMILES string of the molecule is CC.CN1CCCn2ncc3ncnc1c32. The molecule has 0 fully saturated rings. The highest BCUT2D eigenvalue weighted by molar-refractivity contribution is 5.85. The van der Waals surface area contributed by atoms with Crippen LogP contribution >= 0.6 is 0 Å². The minimum atomic E-state index is 0.934. The van der Waals surface area contributed by atoms with E-state index in [2.05, 4.69) is 27.0 Å². The van der Waals surface area contributed by atoms with E-state index in [0.29, 0.717) is 0 Å². The zero-order valence-electron chi connectivity index (χ0n) is 10.0. The van der Waals surface area contributed by atoms with Gasteiger partial charge in [-0.05, 0) is 6.42 Å². The Balaban J connectivity index is 0.000000457. The summed E-state index contributed by atoms with van der Waals surface area (Å²) in [4.78, 5) is 10.7. The van der Waals surface area contributed by atoms with Crippen LogP contribution in [0.3, 0.4) is 0 Å². The molecule has 0 amide bonds. The number of rotatable bonds is 0. The van der Waals surface area contributed by atoms with E-state index >= 15 is 0 Å². The Bertz CT molecular complexity index is 476. The number of hydrogen-bond acceptors (Lipinski definition) is 4. The van der Waals surface area contributed by atoms with Crippen LogP contribution in [0.4, 0.5) is 5.82 Å². The topological polar surface area (TPSA) is 46.8 Å². The van der Waals surface area contributed by atoms with Gasteiger partial charge in [-0.15, -0.1) is 0 Å². The van der Waals surface area contributed by atoms with Crippen LogP contribution in [-0.2, 0) is 6.54 Å². The first kappa shape index (κ1) is 10.9. The lowest BCUT2D eigenvalue weighted by Crippen LogP contribution is -2.18. The first-order chi connectivity index (χ1) is 7.86. The predicted molar refractivity (Wildman–Crippen MR) is 64.6 cm³/mol. The molecule has 1 aliphatic rings. The van der Waals surface area contributed by atoms with Crippen LogP contribution in [0, 0.1) is 0 Å². The zero-order valence-corrected chi connectivity index (χ0v) is 10.0. The highest BCUT2D eigenvalue weighted by Crippen LogP contribution is 2.24. The summed E-state index contributed by atoms with van der Waals surface area (Å²) in [7, 11) is 2.06. The summed E-state index contributed by atoms with van der Waals surface area (Å²) in [5.41, 5.74) is 2.00. The van der Waals surface area contributed by atoms with Gasteiger partial charge >= 0.3 is 0 Å². The second-order valence-corrected chi connectivity index (χ2v) is 3.57. The van der Waals surface area contributed by atoms with Gasteiger partial charge in [0.15, 0.2) is 5.82 Å². The molecule has 0 N–H and O–H groups in total. The Morgan fingerprint density at radius 2 is 2.00 bits per heavy atom. The van der Waals surface area contributed by atoms with Gasteiger partial charge in [-0.1, -0.05) is 13.8 Å². The molecule has 3 heterocycles. The van der Waals surface area contributed by atoms with Gasteiger partial charge in [-0.25, -0.2) is 9.97 Å². The molecule has 0 spiro atoms. The van der Waals surface area contributed by atoms with Crippen LogP contribution in [0.1, 0.15) is 20.3 Å². The second kappa shape index (κ2) is 4.47. The molecule has 0 atom stereocenters. The summed E-state index contributed by atoms with van der Waals surface area (Å²) in [5, 5.41) is 4.31. The standard InChI is InChI=1S/C9H11N5.C2H6/c1-13-3-2-4-14-8-7(5-12-14)10-6-11-9(8)13;1-2/h5-6H,2-4H2,1H3;1-2H3. The fraction of sp³-hybridized carbons (Fsp3) is 0.545. The Morgan fingerprint density at radius 3 is 2.81 bits per heavy atom. The van der Waals surface area contributed by atoms with Crippen LogP contribution < -0.4 is 4.90 Å². The molecule has 0 aliphatic carbocycles. The third kappa shape index (κ3) is 1.62. The van der Waals surface area contributed by atoms with Gasteiger partial charge in [-0.2, -0.15) is 5.10 Å². The first-order valence-corrected chi connectivity index (χ1v) is 5.74. The van der Waals surface area contributed by atoms with E-state index < -0.39 is 0 Å². The van der Waals surface area contributed by atoms with Gasteiger partial charge in [0.25, 0.3) is 0 Å². The maximum Gasteiger partial charge on any atom is 0.158 e. The summed E-state index contributed by atoms with van der Waals surface area (Å²) in [6.45, 7) is 5.98. The summed E-state index contributed by atoms with van der Waals surface area (Å²) in [5.74, 6) is 0.991. The largest absolute Gasteiger partial charge is 0.358 e. The molecule has 2 aromatic rings. The van der Waals surface area contributed by atoms with Gasteiger partial charge in [0.05, 0.1) is 6.20 Å². The van der Waals surface area contributed by atoms with E-state index in [-0.39, 0.29) is 0 Å². The summed E-state index contributed by atoms with van der Waals surface area (Å²) in [6, 6.07) is 0. The van der Waals surface area contributed by atoms with Crippen molar-refractivity contribution < 1.29 is 0 Å². The fourth-order valence-corrected chi connectivity index (χ4v) is 1.92. The Morgan fingerprint density at radius 1 is 1.19 bits per heavy atom. The molecular formula is C11H17N5. The van der Waals surface area contributed by atoms with Crippen molar-refractivity contribution in [3.05, 3.63) is 12.5 Å². The molecule has 0 saturated carbocycles. The van der Waals surface area contributed by atoms with Crippen LogP contribution in [0.2, 0.25) is 0 Å². The fourth-order valence-electron chi connectivity index (χ4n) is 1.92. The highest BCUT2D eigenvalue weighted by atomic mass is 15.3. The molecule has 16 heavy (non-hydrogen) atoms. The molecule has 0 bridgehead atoms. The van der Waals surface area contributed by atoms with Gasteiger partial charge in [0.1, 0.15) is 17.4 Å². The molecule has 0 unspecified atom stereocenters. The van der Waals surface area contributed by atoms with E-state index in [1.165, 1.54) is 0 Å². The monoisotopic (exact) mass is 219 g/mol.